The number of rotatable bonds is 0. The van der Waals surface area contributed by atoms with Crippen LogP contribution in [0.15, 0.2) is 66.7 Å². The standard InChI is InChI=1S/C21H14/c1-2-6-20-15-16(11-13-17(20)5-1)12-14-19-8-3-7-18-9-4-10-21(18)19/h1-9,11,13,15H,10H2. The number of fused-ring (bicyclic) bond motifs is 2. The van der Waals surface area contributed by atoms with E-state index in [2.05, 4.69) is 84.7 Å². The molecule has 0 aromatic heterocycles. The molecule has 0 nitrogen and oxygen atoms in total. The molecular weight excluding hydrogens is 252 g/mol. The normalized spacial score (nSPS) is 12.0. The molecule has 0 atom stereocenters. The molecule has 0 spiro atoms. The molecule has 0 bridgehead atoms. The van der Waals surface area contributed by atoms with Gasteiger partial charge in [-0.3, -0.25) is 0 Å². The number of hydrogen-bond donors (Lipinski definition) is 0. The highest BCUT2D eigenvalue weighted by atomic mass is 14.1. The van der Waals surface area contributed by atoms with Crippen LogP contribution >= 0.6 is 0 Å². The van der Waals surface area contributed by atoms with Crippen LogP contribution in [-0.2, 0) is 6.42 Å². The summed E-state index contributed by atoms with van der Waals surface area (Å²) in [5, 5.41) is 2.50. The maximum absolute atomic E-state index is 3.34. The summed E-state index contributed by atoms with van der Waals surface area (Å²) in [4.78, 5) is 0. The molecule has 1 aliphatic rings. The first-order valence-corrected chi connectivity index (χ1v) is 7.19. The van der Waals surface area contributed by atoms with Crippen molar-refractivity contribution in [1.82, 2.24) is 0 Å². The lowest BCUT2D eigenvalue weighted by Gasteiger charge is -2.01. The maximum atomic E-state index is 3.34. The summed E-state index contributed by atoms with van der Waals surface area (Å²) in [7, 11) is 0. The van der Waals surface area contributed by atoms with Crippen LogP contribution in [-0.4, -0.2) is 0 Å². The molecular formula is C21H14. The first-order valence-electron chi connectivity index (χ1n) is 7.19. The van der Waals surface area contributed by atoms with E-state index in [1.807, 2.05) is 0 Å². The van der Waals surface area contributed by atoms with Crippen molar-refractivity contribution in [3.05, 3.63) is 89.0 Å². The molecule has 0 amide bonds. The first kappa shape index (κ1) is 12.0. The highest BCUT2D eigenvalue weighted by molar-refractivity contribution is 5.83. The molecule has 0 heteroatoms. The van der Waals surface area contributed by atoms with Gasteiger partial charge in [0.2, 0.25) is 0 Å². The van der Waals surface area contributed by atoms with E-state index >= 15 is 0 Å². The number of hydrogen-bond acceptors (Lipinski definition) is 0. The van der Waals surface area contributed by atoms with Gasteiger partial charge >= 0.3 is 0 Å². The summed E-state index contributed by atoms with van der Waals surface area (Å²) in [6, 6.07) is 21.1. The van der Waals surface area contributed by atoms with E-state index in [4.69, 9.17) is 0 Å². The van der Waals surface area contributed by atoms with Crippen molar-refractivity contribution in [3.63, 3.8) is 0 Å². The van der Waals surface area contributed by atoms with E-state index in [1.165, 1.54) is 21.9 Å². The van der Waals surface area contributed by atoms with Crippen LogP contribution < -0.4 is 0 Å². The first-order chi connectivity index (χ1) is 10.4. The molecule has 0 fully saturated rings. The summed E-state index contributed by atoms with van der Waals surface area (Å²) < 4.78 is 0. The smallest absolute Gasteiger partial charge is 0.0290 e. The quantitative estimate of drug-likeness (QED) is 0.512. The number of benzene rings is 3. The molecule has 3 aromatic rings. The Morgan fingerprint density at radius 3 is 2.62 bits per heavy atom. The molecule has 3 aromatic carbocycles. The minimum Gasteiger partial charge on any atom is -0.0795 e. The molecule has 1 aliphatic carbocycles. The lowest BCUT2D eigenvalue weighted by atomic mass is 10.0. The average molecular weight is 266 g/mol. The van der Waals surface area contributed by atoms with Crippen molar-refractivity contribution < 1.29 is 0 Å². The highest BCUT2D eigenvalue weighted by Crippen LogP contribution is 2.22. The van der Waals surface area contributed by atoms with E-state index in [-0.39, 0.29) is 0 Å². The number of allylic oxidation sites excluding steroid dienone is 1. The van der Waals surface area contributed by atoms with Crippen molar-refractivity contribution in [3.8, 4) is 11.8 Å². The van der Waals surface area contributed by atoms with Gasteiger partial charge in [0.15, 0.2) is 0 Å². The molecule has 0 aliphatic heterocycles. The second-order valence-corrected chi connectivity index (χ2v) is 5.29. The fourth-order valence-electron chi connectivity index (χ4n) is 2.82. The van der Waals surface area contributed by atoms with Gasteiger partial charge in [0.1, 0.15) is 0 Å². The van der Waals surface area contributed by atoms with Crippen molar-refractivity contribution >= 4 is 16.8 Å². The second kappa shape index (κ2) is 4.96. The largest absolute Gasteiger partial charge is 0.0795 e. The molecule has 0 unspecified atom stereocenters. The Bertz CT molecular complexity index is 917. The predicted octanol–water partition coefficient (Wildman–Crippen LogP) is 4.81. The van der Waals surface area contributed by atoms with Crippen molar-refractivity contribution in [2.45, 2.75) is 6.42 Å². The minimum absolute atomic E-state index is 0.998. The SMILES string of the molecule is C(#Cc1cccc2c1CC=C2)c1ccc2ccccc2c1. The van der Waals surface area contributed by atoms with Crippen molar-refractivity contribution in [2.75, 3.05) is 0 Å². The average Bonchev–Trinajstić information content (AvgIpc) is 3.02. The van der Waals surface area contributed by atoms with Gasteiger partial charge in [-0.05, 0) is 46.5 Å². The Morgan fingerprint density at radius 2 is 1.67 bits per heavy atom. The van der Waals surface area contributed by atoms with Crippen LogP contribution in [0.1, 0.15) is 22.3 Å². The minimum atomic E-state index is 0.998. The van der Waals surface area contributed by atoms with Crippen LogP contribution in [0.3, 0.4) is 0 Å². The Labute approximate surface area is 124 Å². The molecule has 21 heavy (non-hydrogen) atoms. The summed E-state index contributed by atoms with van der Waals surface area (Å²) in [5.74, 6) is 6.64. The van der Waals surface area contributed by atoms with Crippen LogP contribution in [0, 0.1) is 11.8 Å². The van der Waals surface area contributed by atoms with Crippen LogP contribution in [0.5, 0.6) is 0 Å². The fraction of sp³-hybridized carbons (Fsp3) is 0.0476. The molecule has 0 heterocycles. The zero-order chi connectivity index (χ0) is 14.1. The van der Waals surface area contributed by atoms with E-state index in [0.29, 0.717) is 0 Å². The molecule has 0 radical (unpaired) electrons. The fourth-order valence-corrected chi connectivity index (χ4v) is 2.82. The lowest BCUT2D eigenvalue weighted by Crippen LogP contribution is -1.87. The second-order valence-electron chi connectivity index (χ2n) is 5.29. The van der Waals surface area contributed by atoms with Gasteiger partial charge in [0, 0.05) is 11.1 Å². The third-order valence-electron chi connectivity index (χ3n) is 3.92. The Kier molecular flexibility index (Phi) is 2.83. The van der Waals surface area contributed by atoms with Crippen LogP contribution in [0.25, 0.3) is 16.8 Å². The van der Waals surface area contributed by atoms with Crippen molar-refractivity contribution in [1.29, 1.82) is 0 Å². The summed E-state index contributed by atoms with van der Waals surface area (Å²) in [6.45, 7) is 0. The third-order valence-corrected chi connectivity index (χ3v) is 3.92. The van der Waals surface area contributed by atoms with Crippen LogP contribution in [0.2, 0.25) is 0 Å². The summed E-state index contributed by atoms with van der Waals surface area (Å²) in [6.07, 6.45) is 5.38. The Morgan fingerprint density at radius 1 is 0.762 bits per heavy atom. The highest BCUT2D eigenvalue weighted by Gasteiger charge is 2.07. The molecule has 98 valence electrons. The zero-order valence-electron chi connectivity index (χ0n) is 11.6. The van der Waals surface area contributed by atoms with Crippen molar-refractivity contribution in [2.24, 2.45) is 0 Å². The van der Waals surface area contributed by atoms with Gasteiger partial charge in [-0.1, -0.05) is 66.5 Å². The lowest BCUT2D eigenvalue weighted by molar-refractivity contribution is 1.29. The summed E-state index contributed by atoms with van der Waals surface area (Å²) in [5.41, 5.74) is 4.87. The van der Waals surface area contributed by atoms with Gasteiger partial charge in [-0.15, -0.1) is 0 Å². The van der Waals surface area contributed by atoms with E-state index in [9.17, 15) is 0 Å². The zero-order valence-corrected chi connectivity index (χ0v) is 11.6. The third kappa shape index (κ3) is 2.24. The van der Waals surface area contributed by atoms with E-state index < -0.39 is 0 Å². The molecule has 0 saturated carbocycles. The predicted molar refractivity (Wildman–Crippen MR) is 89.1 cm³/mol. The van der Waals surface area contributed by atoms with Gasteiger partial charge in [0.05, 0.1) is 0 Å². The monoisotopic (exact) mass is 266 g/mol. The van der Waals surface area contributed by atoms with Gasteiger partial charge in [0.25, 0.3) is 0 Å². The van der Waals surface area contributed by atoms with Gasteiger partial charge in [-0.2, -0.15) is 0 Å². The van der Waals surface area contributed by atoms with Gasteiger partial charge in [-0.25, -0.2) is 0 Å². The van der Waals surface area contributed by atoms with Crippen LogP contribution in [0.4, 0.5) is 0 Å². The van der Waals surface area contributed by atoms with E-state index in [1.54, 1.807) is 0 Å². The molecule has 0 N–H and O–H groups in total. The van der Waals surface area contributed by atoms with Gasteiger partial charge < -0.3 is 0 Å². The topological polar surface area (TPSA) is 0 Å². The Hall–Kier alpha value is -2.78. The molecule has 4 rings (SSSR count). The van der Waals surface area contributed by atoms with E-state index in [0.717, 1.165) is 17.5 Å². The maximum Gasteiger partial charge on any atom is 0.0290 e. The molecule has 0 saturated heterocycles. The summed E-state index contributed by atoms with van der Waals surface area (Å²) >= 11 is 0. The Balaban J connectivity index is 1.74.